The normalized spacial score (nSPS) is 18.9. The number of anilines is 2. The van der Waals surface area contributed by atoms with Gasteiger partial charge in [0.05, 0.1) is 6.20 Å². The van der Waals surface area contributed by atoms with Gasteiger partial charge in [-0.15, -0.1) is 0 Å². The summed E-state index contributed by atoms with van der Waals surface area (Å²) >= 11 is 0. The van der Waals surface area contributed by atoms with E-state index in [0.29, 0.717) is 49.3 Å². The van der Waals surface area contributed by atoms with Crippen LogP contribution in [0, 0.1) is 11.3 Å². The summed E-state index contributed by atoms with van der Waals surface area (Å²) in [6.07, 6.45) is 8.99. The molecule has 2 N–H and O–H groups in total. The molecule has 2 aromatic heterocycles. The van der Waals surface area contributed by atoms with Gasteiger partial charge in [0.15, 0.2) is 5.03 Å². The highest BCUT2D eigenvalue weighted by Gasteiger charge is 2.31. The molecule has 0 aromatic carbocycles. The van der Waals surface area contributed by atoms with E-state index >= 15 is 0 Å². The van der Waals surface area contributed by atoms with E-state index in [2.05, 4.69) is 31.8 Å². The van der Waals surface area contributed by atoms with Gasteiger partial charge in [0.25, 0.3) is 10.0 Å². The molecule has 0 unspecified atom stereocenters. The summed E-state index contributed by atoms with van der Waals surface area (Å²) in [6.45, 7) is 0.806. The van der Waals surface area contributed by atoms with E-state index in [1.165, 1.54) is 34.1 Å². The Morgan fingerprint density at radius 3 is 2.47 bits per heavy atom. The third kappa shape index (κ3) is 4.39. The maximum atomic E-state index is 12.7. The molecule has 0 bridgehead atoms. The van der Waals surface area contributed by atoms with Crippen LogP contribution in [-0.4, -0.2) is 57.6 Å². The molecule has 1 aliphatic carbocycles. The van der Waals surface area contributed by atoms with Crippen LogP contribution in [0.4, 0.5) is 11.8 Å². The summed E-state index contributed by atoms with van der Waals surface area (Å²) in [6, 6.07) is 4.07. The average Bonchev–Trinajstić information content (AvgIpc) is 3.41. The quantitative estimate of drug-likeness (QED) is 0.708. The fraction of sp³-hybridized carbons (Fsp3) is 0.579. The summed E-state index contributed by atoms with van der Waals surface area (Å²) in [7, 11) is -1.87. The number of nitriles is 1. The first-order chi connectivity index (χ1) is 14.5. The average molecular weight is 431 g/mol. The second kappa shape index (κ2) is 8.57. The largest absolute Gasteiger partial charge is 0.366 e. The number of aryl methyl sites for hydroxylation is 1. The van der Waals surface area contributed by atoms with Crippen molar-refractivity contribution in [1.29, 1.82) is 5.26 Å². The van der Waals surface area contributed by atoms with E-state index in [0.717, 1.165) is 12.8 Å². The van der Waals surface area contributed by atoms with Gasteiger partial charge in [-0.05, 0) is 31.7 Å². The SMILES string of the molecule is Cn1ccc(S(=O)(=O)N2CCC(Nc3ncc(C#N)c(NC4CCCC4)n3)CC2)n1. The topological polar surface area (TPSA) is 129 Å². The van der Waals surface area contributed by atoms with Gasteiger partial charge in [0.1, 0.15) is 17.5 Å². The van der Waals surface area contributed by atoms with Crippen molar-refractivity contribution in [3.05, 3.63) is 24.0 Å². The Kier molecular flexibility index (Phi) is 5.87. The molecule has 30 heavy (non-hydrogen) atoms. The highest BCUT2D eigenvalue weighted by atomic mass is 32.2. The van der Waals surface area contributed by atoms with Crippen LogP contribution in [0.25, 0.3) is 0 Å². The summed E-state index contributed by atoms with van der Waals surface area (Å²) in [5.74, 6) is 1.03. The first-order valence-corrected chi connectivity index (χ1v) is 11.7. The van der Waals surface area contributed by atoms with Crippen LogP contribution in [0.5, 0.6) is 0 Å². The highest BCUT2D eigenvalue weighted by molar-refractivity contribution is 7.89. The number of aromatic nitrogens is 4. The zero-order chi connectivity index (χ0) is 21.1. The van der Waals surface area contributed by atoms with Crippen LogP contribution >= 0.6 is 0 Å². The molecule has 4 rings (SSSR count). The Hall–Kier alpha value is -2.71. The predicted molar refractivity (Wildman–Crippen MR) is 111 cm³/mol. The van der Waals surface area contributed by atoms with Crippen LogP contribution in [0.2, 0.25) is 0 Å². The van der Waals surface area contributed by atoms with Crippen molar-refractivity contribution < 1.29 is 8.42 Å². The van der Waals surface area contributed by atoms with E-state index in [4.69, 9.17) is 0 Å². The van der Waals surface area contributed by atoms with E-state index in [-0.39, 0.29) is 11.1 Å². The number of hydrogen-bond donors (Lipinski definition) is 2. The minimum absolute atomic E-state index is 0.0625. The van der Waals surface area contributed by atoms with Crippen LogP contribution < -0.4 is 10.6 Å². The molecular weight excluding hydrogens is 404 g/mol. The van der Waals surface area contributed by atoms with Gasteiger partial charge in [-0.3, -0.25) is 4.68 Å². The molecule has 11 heteroatoms. The van der Waals surface area contributed by atoms with Crippen molar-refractivity contribution in [1.82, 2.24) is 24.1 Å². The van der Waals surface area contributed by atoms with Crippen LogP contribution in [0.15, 0.2) is 23.5 Å². The number of sulfonamides is 1. The molecule has 160 valence electrons. The molecule has 0 atom stereocenters. The molecular formula is C19H26N8O2S. The lowest BCUT2D eigenvalue weighted by Crippen LogP contribution is -2.42. The van der Waals surface area contributed by atoms with Crippen molar-refractivity contribution in [3.63, 3.8) is 0 Å². The fourth-order valence-electron chi connectivity index (χ4n) is 3.99. The van der Waals surface area contributed by atoms with Crippen molar-refractivity contribution in [2.24, 2.45) is 7.05 Å². The van der Waals surface area contributed by atoms with E-state index in [1.807, 2.05) is 0 Å². The second-order valence-electron chi connectivity index (χ2n) is 7.84. The highest BCUT2D eigenvalue weighted by Crippen LogP contribution is 2.25. The standard InChI is InChI=1S/C19H26N8O2S/c1-26-9-8-17(25-26)30(28,29)27-10-6-16(7-11-27)23-19-21-13-14(12-20)18(24-19)22-15-4-2-3-5-15/h8-9,13,15-16H,2-7,10-11H2,1H3,(H2,21,22,23,24). The summed E-state index contributed by atoms with van der Waals surface area (Å²) in [4.78, 5) is 8.79. The molecule has 1 saturated heterocycles. The molecule has 10 nitrogen and oxygen atoms in total. The Balaban J connectivity index is 1.38. The third-order valence-corrected chi connectivity index (χ3v) is 7.48. The molecule has 2 fully saturated rings. The molecule has 1 saturated carbocycles. The van der Waals surface area contributed by atoms with Crippen molar-refractivity contribution >= 4 is 21.8 Å². The lowest BCUT2D eigenvalue weighted by Gasteiger charge is -2.31. The van der Waals surface area contributed by atoms with Gasteiger partial charge < -0.3 is 10.6 Å². The zero-order valence-corrected chi connectivity index (χ0v) is 17.8. The summed E-state index contributed by atoms with van der Waals surface area (Å²) in [5, 5.41) is 20.1. The van der Waals surface area contributed by atoms with E-state index in [9.17, 15) is 13.7 Å². The lowest BCUT2D eigenvalue weighted by molar-refractivity contribution is 0.328. The number of nitrogens with one attached hydrogen (secondary N) is 2. The lowest BCUT2D eigenvalue weighted by atomic mass is 10.1. The second-order valence-corrected chi connectivity index (χ2v) is 9.73. The Bertz CT molecular complexity index is 1030. The van der Waals surface area contributed by atoms with Crippen LogP contribution in [0.1, 0.15) is 44.1 Å². The summed E-state index contributed by atoms with van der Waals surface area (Å²) < 4.78 is 28.4. The molecule has 2 aromatic rings. The molecule has 0 spiro atoms. The van der Waals surface area contributed by atoms with Crippen molar-refractivity contribution in [2.75, 3.05) is 23.7 Å². The maximum Gasteiger partial charge on any atom is 0.262 e. The van der Waals surface area contributed by atoms with E-state index < -0.39 is 10.0 Å². The Labute approximate surface area is 176 Å². The Morgan fingerprint density at radius 2 is 1.83 bits per heavy atom. The van der Waals surface area contributed by atoms with Gasteiger partial charge in [-0.2, -0.15) is 19.6 Å². The minimum atomic E-state index is -3.57. The Morgan fingerprint density at radius 1 is 1.13 bits per heavy atom. The molecule has 0 amide bonds. The summed E-state index contributed by atoms with van der Waals surface area (Å²) in [5.41, 5.74) is 0.434. The number of rotatable bonds is 6. The smallest absolute Gasteiger partial charge is 0.262 e. The number of hydrogen-bond acceptors (Lipinski definition) is 8. The first-order valence-electron chi connectivity index (χ1n) is 10.3. The maximum absolute atomic E-state index is 12.7. The number of nitrogens with zero attached hydrogens (tertiary/aromatic N) is 6. The molecule has 3 heterocycles. The van der Waals surface area contributed by atoms with E-state index in [1.54, 1.807) is 13.2 Å². The van der Waals surface area contributed by atoms with Crippen molar-refractivity contribution in [3.8, 4) is 6.07 Å². The van der Waals surface area contributed by atoms with Gasteiger partial charge in [0.2, 0.25) is 5.95 Å². The molecule has 0 radical (unpaired) electrons. The monoisotopic (exact) mass is 430 g/mol. The fourth-order valence-corrected chi connectivity index (χ4v) is 5.41. The van der Waals surface area contributed by atoms with Crippen LogP contribution in [0.3, 0.4) is 0 Å². The van der Waals surface area contributed by atoms with Crippen LogP contribution in [-0.2, 0) is 17.1 Å². The molecule has 2 aliphatic rings. The van der Waals surface area contributed by atoms with Gasteiger partial charge in [-0.1, -0.05) is 12.8 Å². The predicted octanol–water partition coefficient (Wildman–Crippen LogP) is 1.70. The van der Waals surface area contributed by atoms with Gasteiger partial charge in [-0.25, -0.2) is 13.4 Å². The third-order valence-electron chi connectivity index (χ3n) is 5.69. The zero-order valence-electron chi connectivity index (χ0n) is 17.0. The minimum Gasteiger partial charge on any atom is -0.366 e. The molecule has 1 aliphatic heterocycles. The van der Waals surface area contributed by atoms with Crippen molar-refractivity contribution in [2.45, 2.75) is 55.6 Å². The van der Waals surface area contributed by atoms with Gasteiger partial charge in [0, 0.05) is 38.4 Å². The number of piperidine rings is 1. The first kappa shape index (κ1) is 20.6. The van der Waals surface area contributed by atoms with Gasteiger partial charge >= 0.3 is 0 Å².